The minimum atomic E-state index is -0.615. The van der Waals surface area contributed by atoms with E-state index in [1.165, 1.54) is 6.07 Å². The van der Waals surface area contributed by atoms with E-state index in [1.54, 1.807) is 36.0 Å². The number of rotatable bonds is 5. The number of hydrogen-bond donors (Lipinski definition) is 0. The van der Waals surface area contributed by atoms with Gasteiger partial charge in [-0.05, 0) is 35.4 Å². The summed E-state index contributed by atoms with van der Waals surface area (Å²) in [6.45, 7) is 0.314. The van der Waals surface area contributed by atoms with Crippen molar-refractivity contribution in [1.29, 1.82) is 0 Å². The first kappa shape index (κ1) is 19.7. The number of ether oxygens (including phenoxy) is 1. The largest absolute Gasteiger partial charge is 0.497 e. The van der Waals surface area contributed by atoms with Gasteiger partial charge < -0.3 is 9.64 Å². The normalized spacial score (nSPS) is 15.7. The number of amides is 1. The Morgan fingerprint density at radius 1 is 1.21 bits per heavy atom. The van der Waals surface area contributed by atoms with Gasteiger partial charge in [0.1, 0.15) is 11.6 Å². The molecular weight excluding hydrogens is 416 g/mol. The number of carbonyl (C=O) groups excluding carboxylic acids is 1. The number of halogens is 3. The van der Waals surface area contributed by atoms with Gasteiger partial charge in [-0.25, -0.2) is 4.39 Å². The summed E-state index contributed by atoms with van der Waals surface area (Å²) in [6.07, 6.45) is 1.95. The Labute approximate surface area is 177 Å². The Kier molecular flexibility index (Phi) is 5.23. The zero-order valence-corrected chi connectivity index (χ0v) is 17.3. The predicted molar refractivity (Wildman–Crippen MR) is 109 cm³/mol. The Morgan fingerprint density at radius 3 is 2.55 bits per heavy atom. The van der Waals surface area contributed by atoms with Crippen LogP contribution in [0.2, 0.25) is 10.0 Å². The summed E-state index contributed by atoms with van der Waals surface area (Å²) >= 11 is 12.4. The molecule has 29 heavy (non-hydrogen) atoms. The van der Waals surface area contributed by atoms with Gasteiger partial charge in [-0.2, -0.15) is 5.10 Å². The van der Waals surface area contributed by atoms with E-state index in [1.807, 2.05) is 24.3 Å². The molecule has 1 aliphatic rings. The number of methoxy groups -OCH3 is 1. The fraction of sp³-hybridized carbons (Fsp3) is 0.238. The molecule has 3 aromatic rings. The zero-order chi connectivity index (χ0) is 20.7. The van der Waals surface area contributed by atoms with Crippen LogP contribution in [0.3, 0.4) is 0 Å². The molecule has 0 radical (unpaired) electrons. The highest BCUT2D eigenvalue weighted by Crippen LogP contribution is 2.40. The molecule has 1 unspecified atom stereocenters. The van der Waals surface area contributed by atoms with E-state index < -0.39 is 11.9 Å². The second-order valence-corrected chi connectivity index (χ2v) is 7.76. The van der Waals surface area contributed by atoms with E-state index in [4.69, 9.17) is 27.9 Å². The first-order valence-electron chi connectivity index (χ1n) is 8.98. The van der Waals surface area contributed by atoms with Crippen LogP contribution in [0.1, 0.15) is 33.2 Å². The molecule has 1 atom stereocenters. The Bertz CT molecular complexity index is 1060. The third kappa shape index (κ3) is 3.58. The number of aryl methyl sites for hydroxylation is 1. The molecule has 2 aromatic carbocycles. The van der Waals surface area contributed by atoms with Gasteiger partial charge in [-0.15, -0.1) is 0 Å². The van der Waals surface area contributed by atoms with Crippen molar-refractivity contribution >= 4 is 29.1 Å². The number of benzene rings is 2. The molecule has 4 rings (SSSR count). The van der Waals surface area contributed by atoms with E-state index in [0.29, 0.717) is 23.6 Å². The highest BCUT2D eigenvalue weighted by molar-refractivity contribution is 6.31. The lowest BCUT2D eigenvalue weighted by atomic mass is 10.00. The molecule has 0 aliphatic carbocycles. The molecule has 150 valence electrons. The maximum Gasteiger partial charge on any atom is 0.258 e. The number of carbonyl (C=O) groups is 1. The summed E-state index contributed by atoms with van der Waals surface area (Å²) in [5.41, 5.74) is 2.29. The molecule has 0 N–H and O–H groups in total. The summed E-state index contributed by atoms with van der Waals surface area (Å²) in [4.78, 5) is 14.8. The van der Waals surface area contributed by atoms with E-state index in [9.17, 15) is 9.18 Å². The van der Waals surface area contributed by atoms with Crippen LogP contribution in [0.5, 0.6) is 5.75 Å². The standard InChI is InChI=1S/C21H18Cl2FN3O2/c1-26-19(16(23)10-25-26)9-18-15-7-13(22)8-17(24)20(15)21(28)27(18)11-12-3-5-14(29-2)6-4-12/h3-8,10,18H,9,11H2,1-2H3. The fourth-order valence-corrected chi connectivity index (χ4v) is 4.17. The van der Waals surface area contributed by atoms with E-state index in [0.717, 1.165) is 17.0 Å². The quantitative estimate of drug-likeness (QED) is 0.579. The number of hydrogen-bond acceptors (Lipinski definition) is 3. The molecule has 0 saturated carbocycles. The van der Waals surface area contributed by atoms with Crippen molar-refractivity contribution in [3.8, 4) is 5.75 Å². The monoisotopic (exact) mass is 433 g/mol. The van der Waals surface area contributed by atoms with Crippen LogP contribution < -0.4 is 4.74 Å². The molecule has 1 aliphatic heterocycles. The van der Waals surface area contributed by atoms with Crippen LogP contribution in [0.15, 0.2) is 42.6 Å². The van der Waals surface area contributed by atoms with Crippen molar-refractivity contribution in [3.63, 3.8) is 0 Å². The van der Waals surface area contributed by atoms with Gasteiger partial charge in [-0.1, -0.05) is 35.3 Å². The van der Waals surface area contributed by atoms with Gasteiger partial charge in [0.05, 0.1) is 35.6 Å². The van der Waals surface area contributed by atoms with Gasteiger partial charge >= 0.3 is 0 Å². The van der Waals surface area contributed by atoms with Gasteiger partial charge in [0.15, 0.2) is 0 Å². The molecule has 0 bridgehead atoms. The molecule has 1 amide bonds. The average Bonchev–Trinajstić information content (AvgIpc) is 3.14. The molecule has 0 saturated heterocycles. The highest BCUT2D eigenvalue weighted by atomic mass is 35.5. The first-order valence-corrected chi connectivity index (χ1v) is 9.74. The van der Waals surface area contributed by atoms with Crippen LogP contribution in [0.4, 0.5) is 4.39 Å². The zero-order valence-electron chi connectivity index (χ0n) is 15.8. The molecule has 2 heterocycles. The minimum Gasteiger partial charge on any atom is -0.497 e. The number of fused-ring (bicyclic) bond motifs is 1. The van der Waals surface area contributed by atoms with Crippen LogP contribution in [-0.2, 0) is 20.0 Å². The van der Waals surface area contributed by atoms with Gasteiger partial charge in [0, 0.05) is 25.0 Å². The third-order valence-corrected chi connectivity index (χ3v) is 5.74. The van der Waals surface area contributed by atoms with Gasteiger partial charge in [0.25, 0.3) is 5.91 Å². The lowest BCUT2D eigenvalue weighted by Crippen LogP contribution is -2.29. The third-order valence-electron chi connectivity index (χ3n) is 5.20. The fourth-order valence-electron chi connectivity index (χ4n) is 3.71. The second-order valence-electron chi connectivity index (χ2n) is 6.92. The average molecular weight is 434 g/mol. The molecular formula is C21H18Cl2FN3O2. The minimum absolute atomic E-state index is 0.0613. The summed E-state index contributed by atoms with van der Waals surface area (Å²) < 4.78 is 21.5. The van der Waals surface area contributed by atoms with Crippen LogP contribution in [0, 0.1) is 5.82 Å². The second kappa shape index (κ2) is 7.69. The first-order chi connectivity index (χ1) is 13.9. The van der Waals surface area contributed by atoms with Crippen LogP contribution in [-0.4, -0.2) is 27.7 Å². The maximum atomic E-state index is 14.6. The van der Waals surface area contributed by atoms with Crippen molar-refractivity contribution < 1.29 is 13.9 Å². The highest BCUT2D eigenvalue weighted by Gasteiger charge is 2.40. The lowest BCUT2D eigenvalue weighted by molar-refractivity contribution is 0.0705. The summed E-state index contributed by atoms with van der Waals surface area (Å²) in [5, 5.41) is 4.92. The molecule has 5 nitrogen and oxygen atoms in total. The number of aromatic nitrogens is 2. The van der Waals surface area contributed by atoms with Crippen molar-refractivity contribution in [3.05, 3.63) is 80.8 Å². The van der Waals surface area contributed by atoms with Crippen molar-refractivity contribution in [2.24, 2.45) is 7.05 Å². The summed E-state index contributed by atoms with van der Waals surface area (Å²) in [6, 6.07) is 9.82. The number of nitrogens with zero attached hydrogens (tertiary/aromatic N) is 3. The Hall–Kier alpha value is -2.57. The van der Waals surface area contributed by atoms with Gasteiger partial charge in [0.2, 0.25) is 0 Å². The van der Waals surface area contributed by atoms with Crippen molar-refractivity contribution in [1.82, 2.24) is 14.7 Å². The maximum absolute atomic E-state index is 14.6. The van der Waals surface area contributed by atoms with Crippen molar-refractivity contribution in [2.75, 3.05) is 7.11 Å². The van der Waals surface area contributed by atoms with E-state index >= 15 is 0 Å². The topological polar surface area (TPSA) is 47.4 Å². The van der Waals surface area contributed by atoms with E-state index in [2.05, 4.69) is 5.10 Å². The summed E-state index contributed by atoms with van der Waals surface area (Å²) in [7, 11) is 3.38. The van der Waals surface area contributed by atoms with Gasteiger partial charge in [-0.3, -0.25) is 9.48 Å². The smallest absolute Gasteiger partial charge is 0.258 e. The molecule has 1 aromatic heterocycles. The Morgan fingerprint density at radius 2 is 1.93 bits per heavy atom. The summed E-state index contributed by atoms with van der Waals surface area (Å²) in [5.74, 6) is -0.259. The molecule has 0 spiro atoms. The Balaban J connectivity index is 1.75. The SMILES string of the molecule is COc1ccc(CN2C(=O)c3c(F)cc(Cl)cc3C2Cc2c(Cl)cnn2C)cc1. The van der Waals surface area contributed by atoms with Crippen molar-refractivity contribution in [2.45, 2.75) is 19.0 Å². The molecule has 0 fully saturated rings. The van der Waals surface area contributed by atoms with E-state index in [-0.39, 0.29) is 16.5 Å². The molecule has 8 heteroatoms. The van der Waals surface area contributed by atoms with Crippen LogP contribution >= 0.6 is 23.2 Å². The predicted octanol–water partition coefficient (Wildman–Crippen LogP) is 4.81. The lowest BCUT2D eigenvalue weighted by Gasteiger charge is -2.26. The van der Waals surface area contributed by atoms with Crippen LogP contribution in [0.25, 0.3) is 0 Å².